The maximum absolute atomic E-state index is 15.2. The minimum Gasteiger partial charge on any atom is -0.352 e. The highest BCUT2D eigenvalue weighted by Crippen LogP contribution is 2.27. The standard InChI is InChI=1S/C34H35BrFN3O4S/c1-3-25(2)37-34(41)32(22-26-12-6-4-7-13-26)38(23-27-18-20-28(35)21-19-27)33(40)24-39(31-17-11-10-16-30(31)36)44(42,43)29-14-8-5-9-15-29/h4-21,25,32H,3,22-24H2,1-2H3,(H,37,41)/t25-,32+/m0/s1. The fourth-order valence-electron chi connectivity index (χ4n) is 4.67. The summed E-state index contributed by atoms with van der Waals surface area (Å²) in [4.78, 5) is 29.5. The van der Waals surface area contributed by atoms with Crippen LogP contribution in [0, 0.1) is 5.82 Å². The second-order valence-corrected chi connectivity index (χ2v) is 13.2. The molecule has 2 amide bonds. The van der Waals surface area contributed by atoms with Crippen LogP contribution >= 0.6 is 15.9 Å². The van der Waals surface area contributed by atoms with Crippen molar-refractivity contribution in [3.05, 3.63) is 131 Å². The summed E-state index contributed by atoms with van der Waals surface area (Å²) < 4.78 is 44.6. The van der Waals surface area contributed by atoms with E-state index >= 15 is 4.39 Å². The molecule has 44 heavy (non-hydrogen) atoms. The number of sulfonamides is 1. The van der Waals surface area contributed by atoms with Gasteiger partial charge in [0.25, 0.3) is 10.0 Å². The number of benzene rings is 4. The summed E-state index contributed by atoms with van der Waals surface area (Å²) >= 11 is 3.43. The third-order valence-corrected chi connectivity index (χ3v) is 9.57. The Kier molecular flexibility index (Phi) is 11.3. The van der Waals surface area contributed by atoms with Gasteiger partial charge in [-0.15, -0.1) is 0 Å². The third-order valence-electron chi connectivity index (χ3n) is 7.27. The van der Waals surface area contributed by atoms with Crippen LogP contribution in [0.2, 0.25) is 0 Å². The van der Waals surface area contributed by atoms with E-state index in [2.05, 4.69) is 21.2 Å². The molecule has 7 nitrogen and oxygen atoms in total. The lowest BCUT2D eigenvalue weighted by Crippen LogP contribution is -2.54. The smallest absolute Gasteiger partial charge is 0.264 e. The Morgan fingerprint density at radius 3 is 2.05 bits per heavy atom. The summed E-state index contributed by atoms with van der Waals surface area (Å²) in [6.07, 6.45) is 0.872. The fraction of sp³-hybridized carbons (Fsp3) is 0.235. The van der Waals surface area contributed by atoms with Gasteiger partial charge in [0.1, 0.15) is 18.4 Å². The zero-order valence-corrected chi connectivity index (χ0v) is 27.0. The van der Waals surface area contributed by atoms with E-state index < -0.39 is 34.3 Å². The monoisotopic (exact) mass is 679 g/mol. The molecule has 0 unspecified atom stereocenters. The zero-order chi connectivity index (χ0) is 31.7. The number of nitrogens with one attached hydrogen (secondary N) is 1. The summed E-state index contributed by atoms with van der Waals surface area (Å²) in [7, 11) is -4.37. The average Bonchev–Trinajstić information content (AvgIpc) is 3.03. The highest BCUT2D eigenvalue weighted by molar-refractivity contribution is 9.10. The molecule has 1 N–H and O–H groups in total. The number of rotatable bonds is 13. The molecular weight excluding hydrogens is 645 g/mol. The zero-order valence-electron chi connectivity index (χ0n) is 24.6. The number of hydrogen-bond acceptors (Lipinski definition) is 4. The second kappa shape index (κ2) is 15.1. The molecule has 0 aromatic heterocycles. The molecule has 0 radical (unpaired) electrons. The molecule has 2 atom stereocenters. The van der Waals surface area contributed by atoms with Crippen LogP contribution in [-0.4, -0.2) is 43.8 Å². The average molecular weight is 681 g/mol. The van der Waals surface area contributed by atoms with E-state index in [0.29, 0.717) is 6.42 Å². The van der Waals surface area contributed by atoms with Crippen LogP contribution in [-0.2, 0) is 32.6 Å². The van der Waals surface area contributed by atoms with E-state index in [4.69, 9.17) is 0 Å². The number of para-hydroxylation sites is 1. The van der Waals surface area contributed by atoms with Crippen molar-refractivity contribution in [3.8, 4) is 0 Å². The molecule has 10 heteroatoms. The quantitative estimate of drug-likeness (QED) is 0.179. The number of amides is 2. The van der Waals surface area contributed by atoms with Gasteiger partial charge >= 0.3 is 0 Å². The highest BCUT2D eigenvalue weighted by atomic mass is 79.9. The molecule has 0 saturated heterocycles. The lowest BCUT2D eigenvalue weighted by molar-refractivity contribution is -0.140. The van der Waals surface area contributed by atoms with Crippen molar-refractivity contribution in [2.45, 2.75) is 50.2 Å². The summed E-state index contributed by atoms with van der Waals surface area (Å²) in [6, 6.07) is 28.5. The number of anilines is 1. The van der Waals surface area contributed by atoms with Gasteiger partial charge in [0.05, 0.1) is 10.6 Å². The Hall–Kier alpha value is -4.02. The lowest BCUT2D eigenvalue weighted by atomic mass is 10.0. The first kappa shape index (κ1) is 32.9. The van der Waals surface area contributed by atoms with Gasteiger partial charge in [-0.3, -0.25) is 13.9 Å². The minimum atomic E-state index is -4.37. The van der Waals surface area contributed by atoms with Crippen LogP contribution in [0.5, 0.6) is 0 Å². The van der Waals surface area contributed by atoms with Crippen LogP contribution < -0.4 is 9.62 Å². The van der Waals surface area contributed by atoms with E-state index in [1.165, 1.54) is 35.2 Å². The highest BCUT2D eigenvalue weighted by Gasteiger charge is 2.35. The molecule has 0 aliphatic rings. The van der Waals surface area contributed by atoms with Gasteiger partial charge in [-0.1, -0.05) is 95.7 Å². The largest absolute Gasteiger partial charge is 0.352 e. The number of hydrogen-bond donors (Lipinski definition) is 1. The van der Waals surface area contributed by atoms with Crippen LogP contribution in [0.1, 0.15) is 31.4 Å². The Labute approximate surface area is 266 Å². The van der Waals surface area contributed by atoms with Crippen molar-refractivity contribution < 1.29 is 22.4 Å². The molecular formula is C34H35BrFN3O4S. The molecule has 4 aromatic rings. The van der Waals surface area contributed by atoms with Gasteiger partial charge in [0, 0.05) is 23.5 Å². The predicted molar refractivity (Wildman–Crippen MR) is 174 cm³/mol. The predicted octanol–water partition coefficient (Wildman–Crippen LogP) is 6.34. The van der Waals surface area contributed by atoms with E-state index in [1.54, 1.807) is 18.2 Å². The van der Waals surface area contributed by atoms with Gasteiger partial charge in [-0.05, 0) is 60.9 Å². The van der Waals surface area contributed by atoms with Crippen LogP contribution in [0.15, 0.2) is 119 Å². The van der Waals surface area contributed by atoms with Gasteiger partial charge in [0.15, 0.2) is 0 Å². The maximum Gasteiger partial charge on any atom is 0.264 e. The van der Waals surface area contributed by atoms with Crippen molar-refractivity contribution in [1.82, 2.24) is 10.2 Å². The Morgan fingerprint density at radius 2 is 1.43 bits per heavy atom. The topological polar surface area (TPSA) is 86.8 Å². The van der Waals surface area contributed by atoms with E-state index in [1.807, 2.05) is 68.4 Å². The van der Waals surface area contributed by atoms with Crippen LogP contribution in [0.4, 0.5) is 10.1 Å². The molecule has 0 spiro atoms. The first-order valence-electron chi connectivity index (χ1n) is 14.3. The van der Waals surface area contributed by atoms with Crippen molar-refractivity contribution in [2.24, 2.45) is 0 Å². The molecule has 0 bridgehead atoms. The van der Waals surface area contributed by atoms with E-state index in [9.17, 15) is 18.0 Å². The number of halogens is 2. The molecule has 0 saturated carbocycles. The number of carbonyl (C=O) groups excluding carboxylic acids is 2. The normalized spacial score (nSPS) is 12.6. The summed E-state index contributed by atoms with van der Waals surface area (Å²) in [6.45, 7) is 3.12. The molecule has 230 valence electrons. The molecule has 0 aliphatic carbocycles. The number of carbonyl (C=O) groups is 2. The fourth-order valence-corrected chi connectivity index (χ4v) is 6.38. The van der Waals surface area contributed by atoms with Crippen molar-refractivity contribution in [2.75, 3.05) is 10.8 Å². The molecule has 4 rings (SSSR count). The Bertz CT molecular complexity index is 1660. The van der Waals surface area contributed by atoms with Gasteiger partial charge in [-0.25, -0.2) is 12.8 Å². The van der Waals surface area contributed by atoms with Gasteiger partial charge < -0.3 is 10.2 Å². The van der Waals surface area contributed by atoms with E-state index in [-0.39, 0.29) is 35.5 Å². The first-order chi connectivity index (χ1) is 21.1. The van der Waals surface area contributed by atoms with Crippen LogP contribution in [0.25, 0.3) is 0 Å². The first-order valence-corrected chi connectivity index (χ1v) is 16.5. The maximum atomic E-state index is 15.2. The minimum absolute atomic E-state index is 0.0219. The summed E-state index contributed by atoms with van der Waals surface area (Å²) in [5.41, 5.74) is 1.30. The lowest BCUT2D eigenvalue weighted by Gasteiger charge is -2.34. The summed E-state index contributed by atoms with van der Waals surface area (Å²) in [5, 5.41) is 3.00. The molecule has 0 aliphatic heterocycles. The number of nitrogens with zero attached hydrogens (tertiary/aromatic N) is 2. The second-order valence-electron chi connectivity index (χ2n) is 10.4. The van der Waals surface area contributed by atoms with Crippen molar-refractivity contribution in [3.63, 3.8) is 0 Å². The summed E-state index contributed by atoms with van der Waals surface area (Å²) in [5.74, 6) is -1.82. The third kappa shape index (κ3) is 8.33. The Morgan fingerprint density at radius 1 is 0.841 bits per heavy atom. The van der Waals surface area contributed by atoms with Gasteiger partial charge in [0.2, 0.25) is 11.8 Å². The van der Waals surface area contributed by atoms with Crippen molar-refractivity contribution in [1.29, 1.82) is 0 Å². The molecule has 0 fully saturated rings. The molecule has 4 aromatic carbocycles. The van der Waals surface area contributed by atoms with Crippen molar-refractivity contribution >= 4 is 43.5 Å². The SMILES string of the molecule is CC[C@H](C)NC(=O)[C@@H](Cc1ccccc1)N(Cc1ccc(Br)cc1)C(=O)CN(c1ccccc1F)S(=O)(=O)c1ccccc1. The van der Waals surface area contributed by atoms with Gasteiger partial charge in [-0.2, -0.15) is 0 Å². The van der Waals surface area contributed by atoms with Crippen LogP contribution in [0.3, 0.4) is 0 Å². The molecule has 0 heterocycles. The van der Waals surface area contributed by atoms with E-state index in [0.717, 1.165) is 26.0 Å². The Balaban J connectivity index is 1.81.